The van der Waals surface area contributed by atoms with Crippen LogP contribution in [0.25, 0.3) is 0 Å². The van der Waals surface area contributed by atoms with Crippen LogP contribution in [0, 0.1) is 5.82 Å². The van der Waals surface area contributed by atoms with E-state index in [1.807, 2.05) is 6.07 Å². The maximum Gasteiger partial charge on any atom is 0.311 e. The van der Waals surface area contributed by atoms with Gasteiger partial charge in [-0.15, -0.1) is 11.3 Å². The van der Waals surface area contributed by atoms with Crippen LogP contribution in [0.2, 0.25) is 0 Å². The number of nitrogens with zero attached hydrogens (tertiary/aromatic N) is 3. The van der Waals surface area contributed by atoms with Crippen molar-refractivity contribution >= 4 is 35.2 Å². The first-order valence-electron chi connectivity index (χ1n) is 10.1. The molecule has 0 spiro atoms. The van der Waals surface area contributed by atoms with Crippen LogP contribution in [0.3, 0.4) is 0 Å². The number of halogens is 1. The number of amides is 1. The molecule has 1 fully saturated rings. The zero-order valence-corrected chi connectivity index (χ0v) is 19.2. The number of esters is 1. The molecule has 10 heteroatoms. The minimum absolute atomic E-state index is 0.0991. The molecule has 31 heavy (non-hydrogen) atoms. The molecule has 2 aromatic rings. The van der Waals surface area contributed by atoms with Crippen molar-refractivity contribution in [3.8, 4) is 0 Å². The average Bonchev–Trinajstić information content (AvgIpc) is 3.14. The second kappa shape index (κ2) is 11.6. The molecule has 168 valence electrons. The van der Waals surface area contributed by atoms with E-state index in [4.69, 9.17) is 9.47 Å². The van der Waals surface area contributed by atoms with E-state index < -0.39 is 0 Å². The van der Waals surface area contributed by atoms with Gasteiger partial charge in [0, 0.05) is 43.9 Å². The van der Waals surface area contributed by atoms with E-state index in [1.165, 1.54) is 36.3 Å². The van der Waals surface area contributed by atoms with Crippen LogP contribution in [-0.2, 0) is 32.0 Å². The van der Waals surface area contributed by atoms with Crippen molar-refractivity contribution in [2.45, 2.75) is 37.3 Å². The third kappa shape index (κ3) is 7.57. The lowest BCUT2D eigenvalue weighted by atomic mass is 10.2. The van der Waals surface area contributed by atoms with Gasteiger partial charge in [0.25, 0.3) is 0 Å². The SMILES string of the molecule is CCOC(=O)Cc1csc(SN(C[C@@H]2CN(Cc3cccc(F)c3)CCO2)C(C)=O)n1. The quantitative estimate of drug-likeness (QED) is 0.414. The van der Waals surface area contributed by atoms with Gasteiger partial charge in [-0.3, -0.25) is 18.8 Å². The number of carbonyl (C=O) groups excluding carboxylic acids is 2. The molecule has 0 bridgehead atoms. The van der Waals surface area contributed by atoms with Gasteiger partial charge >= 0.3 is 5.97 Å². The number of thiazole rings is 1. The van der Waals surface area contributed by atoms with Gasteiger partial charge in [0.1, 0.15) is 5.82 Å². The van der Waals surface area contributed by atoms with E-state index >= 15 is 0 Å². The van der Waals surface area contributed by atoms with Crippen LogP contribution < -0.4 is 0 Å². The van der Waals surface area contributed by atoms with E-state index in [0.29, 0.717) is 42.9 Å². The molecule has 0 radical (unpaired) electrons. The first kappa shape index (κ1) is 23.6. The third-order valence-electron chi connectivity index (χ3n) is 4.59. The lowest BCUT2D eigenvalue weighted by Crippen LogP contribution is -2.46. The largest absolute Gasteiger partial charge is 0.466 e. The van der Waals surface area contributed by atoms with Gasteiger partial charge in [-0.2, -0.15) is 0 Å². The molecule has 0 aliphatic carbocycles. The molecule has 1 aliphatic heterocycles. The minimum Gasteiger partial charge on any atom is -0.466 e. The van der Waals surface area contributed by atoms with Crippen LogP contribution in [0.1, 0.15) is 25.1 Å². The summed E-state index contributed by atoms with van der Waals surface area (Å²) in [6.07, 6.45) is -0.0381. The number of morpholine rings is 1. The molecule has 1 aromatic carbocycles. The number of benzene rings is 1. The summed E-state index contributed by atoms with van der Waals surface area (Å²) >= 11 is 2.63. The van der Waals surface area contributed by atoms with E-state index in [0.717, 1.165) is 12.1 Å². The molecule has 1 aliphatic rings. The Morgan fingerprint density at radius 2 is 2.29 bits per heavy atom. The molecular formula is C21H26FN3O4S2. The monoisotopic (exact) mass is 467 g/mol. The fourth-order valence-electron chi connectivity index (χ4n) is 3.21. The summed E-state index contributed by atoms with van der Waals surface area (Å²) < 4.78 is 26.6. The molecule has 0 saturated carbocycles. The summed E-state index contributed by atoms with van der Waals surface area (Å²) in [4.78, 5) is 30.5. The first-order valence-corrected chi connectivity index (χ1v) is 11.7. The summed E-state index contributed by atoms with van der Waals surface area (Å²) in [5, 5.41) is 1.80. The molecule has 1 atom stereocenters. The Labute approximate surface area is 189 Å². The van der Waals surface area contributed by atoms with E-state index in [9.17, 15) is 14.0 Å². The normalized spacial score (nSPS) is 16.8. The van der Waals surface area contributed by atoms with Crippen molar-refractivity contribution in [2.24, 2.45) is 0 Å². The van der Waals surface area contributed by atoms with Crippen molar-refractivity contribution < 1.29 is 23.5 Å². The molecule has 0 unspecified atom stereocenters. The Morgan fingerprint density at radius 3 is 3.03 bits per heavy atom. The van der Waals surface area contributed by atoms with Crippen molar-refractivity contribution in [3.05, 3.63) is 46.7 Å². The molecule has 1 amide bonds. The fourth-order valence-corrected chi connectivity index (χ4v) is 5.05. The molecular weight excluding hydrogens is 441 g/mol. The van der Waals surface area contributed by atoms with Crippen molar-refractivity contribution in [2.75, 3.05) is 32.8 Å². The predicted octanol–water partition coefficient (Wildman–Crippen LogP) is 3.14. The van der Waals surface area contributed by atoms with Gasteiger partial charge in [-0.25, -0.2) is 9.37 Å². The minimum atomic E-state index is -0.318. The average molecular weight is 468 g/mol. The molecule has 1 aromatic heterocycles. The Hall–Kier alpha value is -2.01. The van der Waals surface area contributed by atoms with Crippen molar-refractivity contribution in [3.63, 3.8) is 0 Å². The highest BCUT2D eigenvalue weighted by Crippen LogP contribution is 2.27. The third-order valence-corrected chi connectivity index (χ3v) is 6.66. The zero-order valence-electron chi connectivity index (χ0n) is 17.6. The highest BCUT2D eigenvalue weighted by atomic mass is 32.2. The Morgan fingerprint density at radius 1 is 1.45 bits per heavy atom. The number of hydrogen-bond acceptors (Lipinski definition) is 8. The van der Waals surface area contributed by atoms with Crippen molar-refractivity contribution in [1.29, 1.82) is 0 Å². The number of ether oxygens (including phenoxy) is 2. The van der Waals surface area contributed by atoms with Crippen LogP contribution in [0.4, 0.5) is 4.39 Å². The Kier molecular flexibility index (Phi) is 8.82. The topological polar surface area (TPSA) is 72.0 Å². The van der Waals surface area contributed by atoms with Crippen LogP contribution in [0.5, 0.6) is 0 Å². The molecule has 7 nitrogen and oxygen atoms in total. The van der Waals surface area contributed by atoms with Gasteiger partial charge in [-0.05, 0) is 24.6 Å². The smallest absolute Gasteiger partial charge is 0.311 e. The Balaban J connectivity index is 1.55. The predicted molar refractivity (Wildman–Crippen MR) is 117 cm³/mol. The summed E-state index contributed by atoms with van der Waals surface area (Å²) in [5.74, 6) is -0.660. The molecule has 1 saturated heterocycles. The summed E-state index contributed by atoms with van der Waals surface area (Å²) in [7, 11) is 0. The highest BCUT2D eigenvalue weighted by molar-refractivity contribution is 7.99. The standard InChI is InChI=1S/C21H26FN3O4S2/c1-3-28-20(27)10-18-14-30-21(23-18)31-25(15(2)26)13-19-12-24(7-8-29-19)11-16-5-4-6-17(22)9-16/h4-6,9,14,19H,3,7-8,10-13H2,1-2H3/t19-/m0/s1. The second-order valence-corrected chi connectivity index (χ2v) is 9.24. The van der Waals surface area contributed by atoms with E-state index in [1.54, 1.807) is 28.7 Å². The molecule has 2 heterocycles. The zero-order chi connectivity index (χ0) is 22.2. The van der Waals surface area contributed by atoms with E-state index in [-0.39, 0.29) is 30.2 Å². The fraction of sp³-hybridized carbons (Fsp3) is 0.476. The lowest BCUT2D eigenvalue weighted by molar-refractivity contribution is -0.142. The molecule has 3 rings (SSSR count). The van der Waals surface area contributed by atoms with Gasteiger partial charge in [0.15, 0.2) is 4.34 Å². The summed E-state index contributed by atoms with van der Waals surface area (Å²) in [5.41, 5.74) is 1.54. The number of rotatable bonds is 9. The van der Waals surface area contributed by atoms with Gasteiger partial charge in [0.05, 0.1) is 38.0 Å². The van der Waals surface area contributed by atoms with Gasteiger partial charge < -0.3 is 9.47 Å². The maximum atomic E-state index is 13.5. The Bertz CT molecular complexity index is 895. The first-order chi connectivity index (χ1) is 14.9. The van der Waals surface area contributed by atoms with E-state index in [2.05, 4.69) is 9.88 Å². The number of aromatic nitrogens is 1. The van der Waals surface area contributed by atoms with Gasteiger partial charge in [-0.1, -0.05) is 12.1 Å². The second-order valence-electron chi connectivity index (χ2n) is 7.12. The summed E-state index contributed by atoms with van der Waals surface area (Å²) in [6, 6.07) is 6.59. The van der Waals surface area contributed by atoms with Crippen molar-refractivity contribution in [1.82, 2.24) is 14.2 Å². The summed E-state index contributed by atoms with van der Waals surface area (Å²) in [6.45, 7) is 6.60. The number of hydrogen-bond donors (Lipinski definition) is 0. The highest BCUT2D eigenvalue weighted by Gasteiger charge is 2.25. The number of carbonyl (C=O) groups is 2. The van der Waals surface area contributed by atoms with Crippen LogP contribution in [0.15, 0.2) is 34.0 Å². The van der Waals surface area contributed by atoms with Crippen LogP contribution >= 0.6 is 23.3 Å². The molecule has 0 N–H and O–H groups in total. The maximum absolute atomic E-state index is 13.5. The van der Waals surface area contributed by atoms with Crippen LogP contribution in [-0.4, -0.2) is 65.0 Å². The lowest BCUT2D eigenvalue weighted by Gasteiger charge is -2.35. The van der Waals surface area contributed by atoms with Gasteiger partial charge in [0.2, 0.25) is 5.91 Å².